The number of hydrogen-bond donors (Lipinski definition) is 0. The standard InChI is InChI=1S/C50H45N3.Pt/c1-48(2,3)34-23-33-24-42(43-29-36(50(7,8)9)28-41(51-43)32-19-15-18-31(22-32)30-16-11-10-12-17-30)52-47-45(33)38(25-34)40-27-35(49(4,5)6)26-39-37-20-13-14-21-44(37)53(47)46(39)40;/h10-18,20,22-29H,1-9H3;/q-2;+2. The van der Waals surface area contributed by atoms with E-state index in [0.717, 1.165) is 39.4 Å². The first-order chi connectivity index (χ1) is 25.1. The van der Waals surface area contributed by atoms with Crippen LogP contribution in [0.15, 0.2) is 109 Å². The molecule has 0 aliphatic rings. The van der Waals surface area contributed by atoms with Crippen LogP contribution in [-0.4, -0.2) is 14.4 Å². The summed E-state index contributed by atoms with van der Waals surface area (Å²) in [5.74, 6) is 0. The molecule has 4 heteroatoms. The molecular formula is C50H45N3Pt. The van der Waals surface area contributed by atoms with Crippen molar-refractivity contribution >= 4 is 49.0 Å². The molecule has 9 rings (SSSR count). The molecule has 0 saturated carbocycles. The second-order valence-corrected chi connectivity index (χ2v) is 17.9. The number of hydrogen-bond acceptors (Lipinski definition) is 2. The topological polar surface area (TPSA) is 30.2 Å². The summed E-state index contributed by atoms with van der Waals surface area (Å²) in [4.78, 5) is 11.0. The van der Waals surface area contributed by atoms with Crippen molar-refractivity contribution in [3.05, 3.63) is 138 Å². The van der Waals surface area contributed by atoms with E-state index in [1.807, 2.05) is 12.1 Å². The molecule has 0 spiro atoms. The van der Waals surface area contributed by atoms with Gasteiger partial charge >= 0.3 is 21.1 Å². The Hall–Kier alpha value is -4.85. The Morgan fingerprint density at radius 2 is 1.11 bits per heavy atom. The average molecular weight is 883 g/mol. The number of benzene rings is 5. The van der Waals surface area contributed by atoms with E-state index in [1.54, 1.807) is 0 Å². The molecule has 270 valence electrons. The van der Waals surface area contributed by atoms with Gasteiger partial charge in [-0.3, -0.25) is 4.98 Å². The number of pyridine rings is 3. The summed E-state index contributed by atoms with van der Waals surface area (Å²) in [6, 6.07) is 46.7. The van der Waals surface area contributed by atoms with Gasteiger partial charge in [0.2, 0.25) is 0 Å². The van der Waals surface area contributed by atoms with Gasteiger partial charge in [-0.25, -0.2) is 4.98 Å². The van der Waals surface area contributed by atoms with Crippen molar-refractivity contribution in [1.82, 2.24) is 14.4 Å². The second kappa shape index (κ2) is 12.6. The Morgan fingerprint density at radius 1 is 0.500 bits per heavy atom. The first kappa shape index (κ1) is 36.1. The molecule has 0 amide bonds. The predicted octanol–water partition coefficient (Wildman–Crippen LogP) is 13.3. The number of fused-ring (bicyclic) bond motifs is 5. The minimum absolute atomic E-state index is 0. The molecular weight excluding hydrogens is 838 g/mol. The molecule has 0 bridgehead atoms. The van der Waals surface area contributed by atoms with E-state index in [4.69, 9.17) is 9.97 Å². The van der Waals surface area contributed by atoms with Gasteiger partial charge in [-0.05, 0) is 84.6 Å². The van der Waals surface area contributed by atoms with Gasteiger partial charge in [0.15, 0.2) is 0 Å². The molecule has 4 aromatic heterocycles. The van der Waals surface area contributed by atoms with E-state index < -0.39 is 0 Å². The van der Waals surface area contributed by atoms with E-state index in [-0.39, 0.29) is 37.3 Å². The zero-order valence-corrected chi connectivity index (χ0v) is 34.8. The third-order valence-corrected chi connectivity index (χ3v) is 11.0. The van der Waals surface area contributed by atoms with E-state index in [9.17, 15) is 0 Å². The van der Waals surface area contributed by atoms with Crippen LogP contribution in [0.4, 0.5) is 0 Å². The Balaban J connectivity index is 0.00000413. The summed E-state index contributed by atoms with van der Waals surface area (Å²) in [5, 5.41) is 7.30. The van der Waals surface area contributed by atoms with E-state index in [2.05, 4.69) is 176 Å². The summed E-state index contributed by atoms with van der Waals surface area (Å²) >= 11 is 0. The maximum Gasteiger partial charge on any atom is 2.00 e. The number of aromatic nitrogens is 3. The molecule has 0 unspecified atom stereocenters. The van der Waals surface area contributed by atoms with Crippen molar-refractivity contribution < 1.29 is 21.1 Å². The SMILES string of the molecule is CC(C)(C)c1cc(-c2[c-]ccc(-c3ccccc3)c2)nc(-c2cc3cc(C(C)(C)C)cc4c5cc(C(C)(C)C)cc6c7ccc[c-]c7n(c(n2)c34)c56)c1.[Pt+2]. The molecule has 0 saturated heterocycles. The normalized spacial score (nSPS) is 12.8. The molecule has 0 fully saturated rings. The van der Waals surface area contributed by atoms with Gasteiger partial charge < -0.3 is 4.40 Å². The van der Waals surface area contributed by atoms with Crippen molar-refractivity contribution in [1.29, 1.82) is 0 Å². The van der Waals surface area contributed by atoms with Gasteiger partial charge in [0, 0.05) is 16.3 Å². The largest absolute Gasteiger partial charge is 2.00 e. The summed E-state index contributed by atoms with van der Waals surface area (Å²) in [6.45, 7) is 20.6. The fourth-order valence-corrected chi connectivity index (χ4v) is 7.85. The van der Waals surface area contributed by atoms with Crippen LogP contribution >= 0.6 is 0 Å². The van der Waals surface area contributed by atoms with Crippen LogP contribution < -0.4 is 0 Å². The van der Waals surface area contributed by atoms with Crippen molar-refractivity contribution in [2.45, 2.75) is 78.6 Å². The second-order valence-electron chi connectivity index (χ2n) is 17.9. The molecule has 0 radical (unpaired) electrons. The van der Waals surface area contributed by atoms with Gasteiger partial charge in [0.05, 0.1) is 11.4 Å². The number of para-hydroxylation sites is 1. The van der Waals surface area contributed by atoms with Gasteiger partial charge in [0.25, 0.3) is 0 Å². The molecule has 0 aliphatic carbocycles. The quantitative estimate of drug-likeness (QED) is 0.101. The number of nitrogens with zero attached hydrogens (tertiary/aromatic N) is 3. The first-order valence-electron chi connectivity index (χ1n) is 18.7. The molecule has 0 N–H and O–H groups in total. The van der Waals surface area contributed by atoms with E-state index in [0.29, 0.717) is 0 Å². The molecule has 0 aliphatic heterocycles. The first-order valence-corrected chi connectivity index (χ1v) is 18.7. The summed E-state index contributed by atoms with van der Waals surface area (Å²) in [6.07, 6.45) is 0. The minimum atomic E-state index is -0.109. The summed E-state index contributed by atoms with van der Waals surface area (Å²) < 4.78 is 2.37. The van der Waals surface area contributed by atoms with Crippen LogP contribution in [0.5, 0.6) is 0 Å². The van der Waals surface area contributed by atoms with Crippen LogP contribution in [-0.2, 0) is 37.3 Å². The predicted molar refractivity (Wildman–Crippen MR) is 224 cm³/mol. The van der Waals surface area contributed by atoms with E-state index in [1.165, 1.54) is 60.1 Å². The smallest absolute Gasteiger partial charge is 0.318 e. The van der Waals surface area contributed by atoms with Gasteiger partial charge in [-0.1, -0.05) is 116 Å². The number of rotatable bonds is 3. The van der Waals surface area contributed by atoms with Crippen molar-refractivity contribution in [3.63, 3.8) is 0 Å². The summed E-state index contributed by atoms with van der Waals surface area (Å²) in [7, 11) is 0. The third-order valence-electron chi connectivity index (χ3n) is 11.0. The maximum absolute atomic E-state index is 5.60. The zero-order chi connectivity index (χ0) is 37.0. The van der Waals surface area contributed by atoms with Gasteiger partial charge in [0.1, 0.15) is 5.65 Å². The molecule has 54 heavy (non-hydrogen) atoms. The molecule has 4 heterocycles. The van der Waals surface area contributed by atoms with Crippen LogP contribution in [0.2, 0.25) is 0 Å². The van der Waals surface area contributed by atoms with Crippen LogP contribution in [0.25, 0.3) is 82.8 Å². The fraction of sp³-hybridized carbons (Fsp3) is 0.240. The summed E-state index contributed by atoms with van der Waals surface area (Å²) in [5.41, 5.74) is 12.8. The van der Waals surface area contributed by atoms with Crippen LogP contribution in [0, 0.1) is 12.1 Å². The van der Waals surface area contributed by atoms with E-state index >= 15 is 0 Å². The maximum atomic E-state index is 5.60. The third kappa shape index (κ3) is 5.93. The Labute approximate surface area is 333 Å². The molecule has 3 nitrogen and oxygen atoms in total. The molecule has 5 aromatic carbocycles. The Morgan fingerprint density at radius 3 is 1.81 bits per heavy atom. The van der Waals surface area contributed by atoms with Crippen LogP contribution in [0.3, 0.4) is 0 Å². The van der Waals surface area contributed by atoms with Crippen molar-refractivity contribution in [2.75, 3.05) is 0 Å². The molecule has 9 aromatic rings. The minimum Gasteiger partial charge on any atom is -0.318 e. The Bertz CT molecular complexity index is 2880. The van der Waals surface area contributed by atoms with Gasteiger partial charge in [-0.15, -0.1) is 40.8 Å². The van der Waals surface area contributed by atoms with Crippen LogP contribution in [0.1, 0.15) is 79.0 Å². The molecule has 0 atom stereocenters. The van der Waals surface area contributed by atoms with Crippen molar-refractivity contribution in [2.24, 2.45) is 0 Å². The van der Waals surface area contributed by atoms with Crippen molar-refractivity contribution in [3.8, 4) is 33.8 Å². The monoisotopic (exact) mass is 882 g/mol. The Kier molecular flexibility index (Phi) is 8.44. The van der Waals surface area contributed by atoms with Gasteiger partial charge in [-0.2, -0.15) is 24.3 Å². The fourth-order valence-electron chi connectivity index (χ4n) is 7.85. The zero-order valence-electron chi connectivity index (χ0n) is 32.6. The average Bonchev–Trinajstić information content (AvgIpc) is 3.47.